The van der Waals surface area contributed by atoms with Gasteiger partial charge in [0.15, 0.2) is 11.7 Å². The first-order chi connectivity index (χ1) is 20.4. The average Bonchev–Trinajstić information content (AvgIpc) is 3.37. The van der Waals surface area contributed by atoms with Gasteiger partial charge in [-0.1, -0.05) is 43.7 Å². The lowest BCUT2D eigenvalue weighted by atomic mass is 10.0. The number of nitrogens with zero attached hydrogens (tertiary/aromatic N) is 5. The number of ether oxygens (including phenoxy) is 1. The smallest absolute Gasteiger partial charge is 0.435 e. The number of hydrogen-bond donors (Lipinski definition) is 1. The van der Waals surface area contributed by atoms with Gasteiger partial charge in [-0.25, -0.2) is 17.8 Å². The summed E-state index contributed by atoms with van der Waals surface area (Å²) in [6.45, 7) is 7.37. The van der Waals surface area contributed by atoms with Crippen molar-refractivity contribution in [3.05, 3.63) is 71.1 Å². The van der Waals surface area contributed by atoms with Crippen molar-refractivity contribution in [1.29, 1.82) is 0 Å². The first kappa shape index (κ1) is 33.8. The van der Waals surface area contributed by atoms with Crippen molar-refractivity contribution in [3.8, 4) is 16.9 Å². The van der Waals surface area contributed by atoms with Crippen molar-refractivity contribution in [2.24, 2.45) is 11.2 Å². The zero-order chi connectivity index (χ0) is 33.0. The number of carbonyl (C=O) groups is 2. The average molecular weight is 641 g/mol. The van der Waals surface area contributed by atoms with Crippen LogP contribution < -0.4 is 4.72 Å². The van der Waals surface area contributed by atoms with Crippen LogP contribution in [-0.2, 0) is 35.4 Å². The summed E-state index contributed by atoms with van der Waals surface area (Å²) >= 11 is 0. The molecule has 238 valence electrons. The molecule has 13 nitrogen and oxygen atoms in total. The normalized spacial score (nSPS) is 13.7. The van der Waals surface area contributed by atoms with E-state index < -0.39 is 52.0 Å². The maximum absolute atomic E-state index is 13.5. The second kappa shape index (κ2) is 13.3. The second-order valence-electron chi connectivity index (χ2n) is 10.0. The molecule has 3 aromatic rings. The monoisotopic (exact) mass is 640 g/mol. The molecular formula is C27H31F3N6O7S. The zero-order valence-corrected chi connectivity index (χ0v) is 25.4. The van der Waals surface area contributed by atoms with E-state index in [-0.39, 0.29) is 21.2 Å². The van der Waals surface area contributed by atoms with Gasteiger partial charge in [-0.15, -0.1) is 5.01 Å². The Hall–Kier alpha value is -4.67. The molecule has 0 fully saturated rings. The minimum atomic E-state index is -4.72. The minimum absolute atomic E-state index is 0.101. The van der Waals surface area contributed by atoms with Crippen LogP contribution in [-0.4, -0.2) is 59.4 Å². The number of hydrogen-bond acceptors (Lipinski definition) is 9. The minimum Gasteiger partial charge on any atom is -0.569 e. The summed E-state index contributed by atoms with van der Waals surface area (Å²) in [7, 11) is -3.32. The Balaban J connectivity index is 1.85. The van der Waals surface area contributed by atoms with E-state index in [1.165, 1.54) is 26.1 Å². The molecule has 0 bridgehead atoms. The van der Waals surface area contributed by atoms with Crippen molar-refractivity contribution in [3.63, 3.8) is 0 Å². The molecule has 0 aliphatic carbocycles. The molecule has 1 unspecified atom stereocenters. The third-order valence-corrected chi connectivity index (χ3v) is 7.51. The Morgan fingerprint density at radius 2 is 1.68 bits per heavy atom. The van der Waals surface area contributed by atoms with Gasteiger partial charge in [0.05, 0.1) is 28.3 Å². The van der Waals surface area contributed by atoms with E-state index >= 15 is 0 Å². The Labute approximate surface area is 251 Å². The van der Waals surface area contributed by atoms with E-state index in [2.05, 4.69) is 15.1 Å². The van der Waals surface area contributed by atoms with Crippen LogP contribution in [0.5, 0.6) is 0 Å². The van der Waals surface area contributed by atoms with Crippen molar-refractivity contribution < 1.29 is 45.7 Å². The Bertz CT molecular complexity index is 1620. The second-order valence-corrected chi connectivity index (χ2v) is 11.7. The third-order valence-electron chi connectivity index (χ3n) is 6.14. The number of likely N-dealkylation sites (N-methyl/N-ethyl adjacent to an activating group) is 1. The summed E-state index contributed by atoms with van der Waals surface area (Å²) in [4.78, 5) is 28.3. The highest BCUT2D eigenvalue weighted by Gasteiger charge is 2.36. The molecule has 0 aliphatic rings. The fourth-order valence-electron chi connectivity index (χ4n) is 4.09. The summed E-state index contributed by atoms with van der Waals surface area (Å²) in [5.74, 6) is -2.35. The number of alkyl halides is 3. The molecule has 2 atom stereocenters. The van der Waals surface area contributed by atoms with Crippen LogP contribution in [0.25, 0.3) is 16.9 Å². The highest BCUT2D eigenvalue weighted by molar-refractivity contribution is 7.90. The fourth-order valence-corrected chi connectivity index (χ4v) is 5.09. The molecule has 1 aromatic heterocycles. The molecular weight excluding hydrogens is 609 g/mol. The molecule has 17 heteroatoms. The van der Waals surface area contributed by atoms with Crippen LogP contribution in [0.15, 0.2) is 64.8 Å². The van der Waals surface area contributed by atoms with Crippen LogP contribution >= 0.6 is 0 Å². The lowest BCUT2D eigenvalue weighted by Gasteiger charge is -2.26. The van der Waals surface area contributed by atoms with Crippen molar-refractivity contribution in [1.82, 2.24) is 19.5 Å². The van der Waals surface area contributed by atoms with Gasteiger partial charge in [-0.3, -0.25) is 14.4 Å². The van der Waals surface area contributed by atoms with Gasteiger partial charge in [-0.05, 0) is 43.2 Å². The lowest BCUT2D eigenvalue weighted by Crippen LogP contribution is -2.51. The molecule has 0 saturated carbocycles. The fraction of sp³-hybridized carbons (Fsp3) is 0.370. The van der Waals surface area contributed by atoms with Crippen LogP contribution in [0.1, 0.15) is 39.0 Å². The van der Waals surface area contributed by atoms with Crippen LogP contribution in [0.4, 0.5) is 13.2 Å². The van der Waals surface area contributed by atoms with E-state index in [9.17, 15) is 36.4 Å². The van der Waals surface area contributed by atoms with Crippen LogP contribution in [0, 0.1) is 18.0 Å². The van der Waals surface area contributed by atoms with Crippen LogP contribution in [0.3, 0.4) is 0 Å². The number of amides is 1. The standard InChI is InChI=1S/C27H31F3N6O7S/c1-16(2)25(34(6)36(39)33-43-19(5)42-18(4)37)26(38)32-44(40,41)22-13-11-21(12-14-22)35-23(15-24(31-35)27(28,29)30)20-9-7-17(3)8-10-20/h7-16,19,25H,1-6H3,(H,32,38)/b36-33-/t19?,25-/m0/s1. The third kappa shape index (κ3) is 8.24. The largest absolute Gasteiger partial charge is 0.569 e. The summed E-state index contributed by atoms with van der Waals surface area (Å²) < 4.78 is 74.3. The van der Waals surface area contributed by atoms with Gasteiger partial charge >= 0.3 is 12.1 Å². The Kier molecular flexibility index (Phi) is 10.2. The number of esters is 1. The lowest BCUT2D eigenvalue weighted by molar-refractivity contribution is -0.713. The van der Waals surface area contributed by atoms with Crippen molar-refractivity contribution in [2.45, 2.75) is 58.0 Å². The molecule has 0 radical (unpaired) electrons. The number of aromatic nitrogens is 2. The molecule has 0 spiro atoms. The number of rotatable bonds is 11. The molecule has 0 aliphatic heterocycles. The summed E-state index contributed by atoms with van der Waals surface area (Å²) in [5.41, 5.74) is 0.483. The first-order valence-corrected chi connectivity index (χ1v) is 14.5. The van der Waals surface area contributed by atoms with E-state index in [1.807, 2.05) is 11.6 Å². The van der Waals surface area contributed by atoms with Gasteiger partial charge in [0, 0.05) is 19.4 Å². The molecule has 3 rings (SSSR count). The zero-order valence-electron chi connectivity index (χ0n) is 24.6. The number of carbonyl (C=O) groups excluding carboxylic acids is 2. The Morgan fingerprint density at radius 1 is 1.09 bits per heavy atom. The van der Waals surface area contributed by atoms with Crippen molar-refractivity contribution >= 4 is 21.9 Å². The number of halogens is 3. The van der Waals surface area contributed by atoms with E-state index in [0.29, 0.717) is 5.56 Å². The molecule has 1 amide bonds. The van der Waals surface area contributed by atoms with Gasteiger partial charge < -0.3 is 9.94 Å². The maximum Gasteiger partial charge on any atom is 0.435 e. The summed E-state index contributed by atoms with van der Waals surface area (Å²) in [6.07, 6.45) is -5.93. The SMILES string of the molecule is CC(=O)OC(C)O/N=[N+](\[O-])N(C)[C@H](C(=O)NS(=O)(=O)c1ccc(-n2nc(C(F)(F)F)cc2-c2ccc(C)cc2)cc1)C(C)C. The van der Waals surface area contributed by atoms with E-state index in [1.54, 1.807) is 38.1 Å². The highest BCUT2D eigenvalue weighted by Crippen LogP contribution is 2.33. The summed E-state index contributed by atoms with van der Waals surface area (Å²) in [5, 5.41) is 20.1. The van der Waals surface area contributed by atoms with E-state index in [0.717, 1.165) is 40.4 Å². The molecule has 44 heavy (non-hydrogen) atoms. The predicted molar refractivity (Wildman–Crippen MR) is 149 cm³/mol. The Morgan fingerprint density at radius 3 is 2.20 bits per heavy atom. The number of hydrazine groups is 1. The first-order valence-electron chi connectivity index (χ1n) is 13.1. The van der Waals surface area contributed by atoms with Gasteiger partial charge in [-0.2, -0.15) is 18.3 Å². The van der Waals surface area contributed by atoms with Gasteiger partial charge in [0.2, 0.25) is 5.28 Å². The quantitative estimate of drug-likeness (QED) is 0.106. The number of aryl methyl sites for hydroxylation is 1. The van der Waals surface area contributed by atoms with Gasteiger partial charge in [0.25, 0.3) is 22.2 Å². The van der Waals surface area contributed by atoms with E-state index in [4.69, 9.17) is 4.84 Å². The van der Waals surface area contributed by atoms with Crippen molar-refractivity contribution in [2.75, 3.05) is 7.05 Å². The molecule has 1 N–H and O–H groups in total. The number of nitrogens with one attached hydrogen (secondary N) is 1. The highest BCUT2D eigenvalue weighted by atomic mass is 32.2. The number of sulfonamides is 1. The molecule has 1 heterocycles. The molecule has 0 saturated heterocycles. The molecule has 2 aromatic carbocycles. The topological polar surface area (TPSA) is 158 Å². The summed E-state index contributed by atoms with van der Waals surface area (Å²) in [6, 6.07) is 11.0. The van der Waals surface area contributed by atoms with Crippen LogP contribution in [0.2, 0.25) is 0 Å². The maximum atomic E-state index is 13.5. The predicted octanol–water partition coefficient (Wildman–Crippen LogP) is 4.35. The van der Waals surface area contributed by atoms with Gasteiger partial charge in [0.1, 0.15) is 0 Å². The number of benzene rings is 2.